The highest BCUT2D eigenvalue weighted by Crippen LogP contribution is 2.25. The molecule has 1 aliphatic heterocycles. The lowest BCUT2D eigenvalue weighted by molar-refractivity contribution is -0.152. The fourth-order valence-corrected chi connectivity index (χ4v) is 4.87. The van der Waals surface area contributed by atoms with E-state index in [9.17, 15) is 19.2 Å². The monoisotopic (exact) mass is 462 g/mol. The molecule has 0 aliphatic carbocycles. The van der Waals surface area contributed by atoms with Crippen LogP contribution in [0.4, 0.5) is 0 Å². The van der Waals surface area contributed by atoms with Crippen LogP contribution in [0.3, 0.4) is 0 Å². The molecule has 0 spiro atoms. The number of amides is 2. The predicted molar refractivity (Wildman–Crippen MR) is 122 cm³/mol. The van der Waals surface area contributed by atoms with E-state index in [0.717, 1.165) is 16.9 Å². The average molecular weight is 463 g/mol. The molecule has 3 heterocycles. The zero-order valence-electron chi connectivity index (χ0n) is 19.0. The lowest BCUT2D eigenvalue weighted by Gasteiger charge is -2.32. The van der Waals surface area contributed by atoms with Gasteiger partial charge < -0.3 is 14.5 Å². The van der Waals surface area contributed by atoms with Gasteiger partial charge in [-0.25, -0.2) is 4.98 Å². The Bertz CT molecular complexity index is 1080. The molecular weight excluding hydrogens is 432 g/mol. The lowest BCUT2D eigenvalue weighted by atomic mass is 9.98. The highest BCUT2D eigenvalue weighted by molar-refractivity contribution is 7.18. The summed E-state index contributed by atoms with van der Waals surface area (Å²) in [5, 5.41) is 0.604. The van der Waals surface area contributed by atoms with Crippen molar-refractivity contribution in [2.75, 3.05) is 33.3 Å². The second kappa shape index (κ2) is 10.2. The van der Waals surface area contributed by atoms with Crippen LogP contribution in [0.25, 0.3) is 10.2 Å². The van der Waals surface area contributed by atoms with Gasteiger partial charge in [-0.15, -0.1) is 11.3 Å². The molecule has 1 aliphatic rings. The first-order chi connectivity index (χ1) is 15.2. The smallest absolute Gasteiger partial charge is 0.310 e. The number of rotatable bonds is 7. The summed E-state index contributed by atoms with van der Waals surface area (Å²) in [7, 11) is 1.57. The van der Waals surface area contributed by atoms with E-state index in [2.05, 4.69) is 4.98 Å². The number of piperidine rings is 1. The summed E-state index contributed by atoms with van der Waals surface area (Å²) in [6.45, 7) is 6.95. The van der Waals surface area contributed by atoms with E-state index in [-0.39, 0.29) is 48.8 Å². The Morgan fingerprint density at radius 2 is 2.06 bits per heavy atom. The highest BCUT2D eigenvalue weighted by Gasteiger charge is 2.30. The standard InChI is InChI=1S/C22H30N4O5S/c1-5-31-22(30)16-7-6-9-25(11-16)18(28)12-24(4)17(27)8-10-26-13-23-20-19(21(26)29)14(2)15(3)32-20/h13,16H,5-12H2,1-4H3. The first-order valence-electron chi connectivity index (χ1n) is 10.9. The van der Waals surface area contributed by atoms with Crippen molar-refractivity contribution in [1.29, 1.82) is 0 Å². The fraction of sp³-hybridized carbons (Fsp3) is 0.591. The number of ether oxygens (including phenoxy) is 1. The number of likely N-dealkylation sites (N-methyl/N-ethyl adjacent to an activating group) is 1. The third-order valence-corrected chi connectivity index (χ3v) is 7.03. The molecule has 1 atom stereocenters. The molecule has 10 heteroatoms. The Labute approximate surface area is 191 Å². The average Bonchev–Trinajstić information content (AvgIpc) is 3.07. The van der Waals surface area contributed by atoms with Gasteiger partial charge in [-0.1, -0.05) is 0 Å². The SMILES string of the molecule is CCOC(=O)C1CCCN(C(=O)CN(C)C(=O)CCn2cnc3sc(C)c(C)c3c2=O)C1. The Kier molecular flexibility index (Phi) is 7.65. The maximum atomic E-state index is 12.8. The molecule has 1 fully saturated rings. The summed E-state index contributed by atoms with van der Waals surface area (Å²) in [4.78, 5) is 59.1. The molecule has 1 unspecified atom stereocenters. The Hall–Kier alpha value is -2.75. The number of fused-ring (bicyclic) bond motifs is 1. The molecule has 174 valence electrons. The molecule has 32 heavy (non-hydrogen) atoms. The van der Waals surface area contributed by atoms with E-state index in [1.165, 1.54) is 27.1 Å². The molecule has 0 saturated carbocycles. The first-order valence-corrected chi connectivity index (χ1v) is 11.7. The number of aryl methyl sites for hydroxylation is 3. The van der Waals surface area contributed by atoms with Crippen LogP contribution in [0.15, 0.2) is 11.1 Å². The van der Waals surface area contributed by atoms with Crippen molar-refractivity contribution in [2.45, 2.75) is 46.6 Å². The number of hydrogen-bond acceptors (Lipinski definition) is 7. The van der Waals surface area contributed by atoms with Gasteiger partial charge in [0, 0.05) is 38.0 Å². The minimum Gasteiger partial charge on any atom is -0.466 e. The van der Waals surface area contributed by atoms with Crippen LogP contribution in [0, 0.1) is 19.8 Å². The predicted octanol–water partition coefficient (Wildman–Crippen LogP) is 1.73. The molecule has 2 aromatic rings. The maximum Gasteiger partial charge on any atom is 0.310 e. The summed E-state index contributed by atoms with van der Waals surface area (Å²) in [6.07, 6.45) is 2.99. The molecule has 2 amide bonds. The molecule has 1 saturated heterocycles. The van der Waals surface area contributed by atoms with Gasteiger partial charge in [0.25, 0.3) is 5.56 Å². The molecule has 0 N–H and O–H groups in total. The Balaban J connectivity index is 1.56. The van der Waals surface area contributed by atoms with E-state index in [1.807, 2.05) is 13.8 Å². The molecule has 0 bridgehead atoms. The minimum absolute atomic E-state index is 0.0661. The van der Waals surface area contributed by atoms with E-state index in [1.54, 1.807) is 18.9 Å². The normalized spacial score (nSPS) is 16.2. The summed E-state index contributed by atoms with van der Waals surface area (Å²) in [5.41, 5.74) is 0.773. The number of carbonyl (C=O) groups excluding carboxylic acids is 3. The van der Waals surface area contributed by atoms with Crippen LogP contribution >= 0.6 is 11.3 Å². The Morgan fingerprint density at radius 1 is 1.31 bits per heavy atom. The molecule has 0 radical (unpaired) electrons. The number of likely N-dealkylation sites (tertiary alicyclic amines) is 1. The van der Waals surface area contributed by atoms with Crippen molar-refractivity contribution < 1.29 is 19.1 Å². The number of aromatic nitrogens is 2. The molecule has 3 rings (SSSR count). The largest absolute Gasteiger partial charge is 0.466 e. The van der Waals surface area contributed by atoms with Crippen LogP contribution in [0.2, 0.25) is 0 Å². The van der Waals surface area contributed by atoms with Gasteiger partial charge in [0.2, 0.25) is 11.8 Å². The molecular formula is C22H30N4O5S. The zero-order chi connectivity index (χ0) is 23.4. The van der Waals surface area contributed by atoms with E-state index in [0.29, 0.717) is 36.3 Å². The quantitative estimate of drug-likeness (QED) is 0.581. The van der Waals surface area contributed by atoms with Crippen molar-refractivity contribution in [3.8, 4) is 0 Å². The van der Waals surface area contributed by atoms with Gasteiger partial charge in [0.1, 0.15) is 4.83 Å². The molecule has 0 aromatic carbocycles. The van der Waals surface area contributed by atoms with Gasteiger partial charge in [0.15, 0.2) is 0 Å². The topological polar surface area (TPSA) is 102 Å². The first kappa shape index (κ1) is 23.9. The summed E-state index contributed by atoms with van der Waals surface area (Å²) < 4.78 is 6.52. The minimum atomic E-state index is -0.313. The van der Waals surface area contributed by atoms with Crippen LogP contribution in [-0.4, -0.2) is 70.4 Å². The number of hydrogen-bond donors (Lipinski definition) is 0. The zero-order valence-corrected chi connectivity index (χ0v) is 19.9. The number of esters is 1. The van der Waals surface area contributed by atoms with Crippen molar-refractivity contribution in [2.24, 2.45) is 5.92 Å². The highest BCUT2D eigenvalue weighted by atomic mass is 32.1. The van der Waals surface area contributed by atoms with Crippen LogP contribution in [-0.2, 0) is 25.7 Å². The molecule has 9 nitrogen and oxygen atoms in total. The maximum absolute atomic E-state index is 12.8. The number of carbonyl (C=O) groups is 3. The van der Waals surface area contributed by atoms with E-state index >= 15 is 0 Å². The summed E-state index contributed by atoms with van der Waals surface area (Å²) in [6, 6.07) is 0. The van der Waals surface area contributed by atoms with Crippen molar-refractivity contribution in [3.63, 3.8) is 0 Å². The van der Waals surface area contributed by atoms with Crippen LogP contribution in [0.5, 0.6) is 0 Å². The van der Waals surface area contributed by atoms with Crippen molar-refractivity contribution in [1.82, 2.24) is 19.4 Å². The van der Waals surface area contributed by atoms with Gasteiger partial charge in [-0.05, 0) is 39.2 Å². The summed E-state index contributed by atoms with van der Waals surface area (Å²) in [5.74, 6) is -1.02. The molecule has 2 aromatic heterocycles. The third kappa shape index (κ3) is 5.17. The van der Waals surface area contributed by atoms with E-state index < -0.39 is 0 Å². The Morgan fingerprint density at radius 3 is 2.78 bits per heavy atom. The van der Waals surface area contributed by atoms with Crippen LogP contribution in [0.1, 0.15) is 36.6 Å². The fourth-order valence-electron chi connectivity index (χ4n) is 3.88. The number of nitrogens with zero attached hydrogens (tertiary/aromatic N) is 4. The van der Waals surface area contributed by atoms with Gasteiger partial charge in [-0.3, -0.25) is 23.7 Å². The summed E-state index contributed by atoms with van der Waals surface area (Å²) >= 11 is 1.49. The second-order valence-corrected chi connectivity index (χ2v) is 9.34. The van der Waals surface area contributed by atoms with Crippen molar-refractivity contribution >= 4 is 39.3 Å². The van der Waals surface area contributed by atoms with Gasteiger partial charge in [0.05, 0.1) is 30.8 Å². The van der Waals surface area contributed by atoms with Crippen molar-refractivity contribution in [3.05, 3.63) is 27.1 Å². The van der Waals surface area contributed by atoms with Crippen LogP contribution < -0.4 is 5.56 Å². The number of thiophene rings is 1. The third-order valence-electron chi connectivity index (χ3n) is 5.91. The van der Waals surface area contributed by atoms with Gasteiger partial charge in [-0.2, -0.15) is 0 Å². The van der Waals surface area contributed by atoms with Gasteiger partial charge >= 0.3 is 5.97 Å². The lowest BCUT2D eigenvalue weighted by Crippen LogP contribution is -2.47. The second-order valence-electron chi connectivity index (χ2n) is 8.14. The van der Waals surface area contributed by atoms with E-state index in [4.69, 9.17) is 4.74 Å².